The molecule has 2 N–H and O–H groups in total. The van der Waals surface area contributed by atoms with Crippen molar-refractivity contribution in [2.75, 3.05) is 5.73 Å². The second-order valence-electron chi connectivity index (χ2n) is 5.39. The van der Waals surface area contributed by atoms with Gasteiger partial charge >= 0.3 is 0 Å². The van der Waals surface area contributed by atoms with Gasteiger partial charge in [0.1, 0.15) is 11.6 Å². The van der Waals surface area contributed by atoms with Gasteiger partial charge in [-0.1, -0.05) is 37.3 Å². The molecule has 0 radical (unpaired) electrons. The molecule has 1 aromatic carbocycles. The number of hydrogen-bond donors (Lipinski definition) is 1. The van der Waals surface area contributed by atoms with E-state index in [0.717, 1.165) is 30.9 Å². The number of nitrogens with two attached hydrogens (primary N) is 1. The van der Waals surface area contributed by atoms with Crippen LogP contribution in [0.3, 0.4) is 0 Å². The van der Waals surface area contributed by atoms with E-state index < -0.39 is 0 Å². The van der Waals surface area contributed by atoms with Crippen LogP contribution >= 0.6 is 0 Å². The molecule has 0 spiro atoms. The molecule has 0 unspecified atom stereocenters. The zero-order valence-corrected chi connectivity index (χ0v) is 11.5. The molecule has 2 aromatic rings. The molecule has 3 heteroatoms. The monoisotopic (exact) mass is 255 g/mol. The normalized spacial score (nSPS) is 14.8. The third-order valence-corrected chi connectivity index (χ3v) is 3.72. The predicted molar refractivity (Wildman–Crippen MR) is 78.2 cm³/mol. The van der Waals surface area contributed by atoms with Crippen LogP contribution in [-0.4, -0.2) is 9.55 Å². The Bertz CT molecular complexity index is 553. The van der Waals surface area contributed by atoms with E-state index in [-0.39, 0.29) is 0 Å². The number of rotatable bonds is 5. The van der Waals surface area contributed by atoms with Crippen molar-refractivity contribution in [3.05, 3.63) is 47.4 Å². The zero-order valence-electron chi connectivity index (χ0n) is 11.5. The number of aromatic nitrogens is 2. The van der Waals surface area contributed by atoms with Crippen molar-refractivity contribution in [1.82, 2.24) is 9.55 Å². The van der Waals surface area contributed by atoms with Crippen molar-refractivity contribution in [1.29, 1.82) is 0 Å². The molecule has 1 heterocycles. The first-order valence-corrected chi connectivity index (χ1v) is 7.18. The highest BCUT2D eigenvalue weighted by atomic mass is 15.1. The van der Waals surface area contributed by atoms with E-state index in [1.54, 1.807) is 0 Å². The molecule has 1 fully saturated rings. The molecule has 1 aromatic heterocycles. The molecule has 3 nitrogen and oxygen atoms in total. The van der Waals surface area contributed by atoms with Crippen molar-refractivity contribution >= 4 is 5.82 Å². The number of nitrogen functional groups attached to an aromatic ring is 1. The Kier molecular flexibility index (Phi) is 3.28. The lowest BCUT2D eigenvalue weighted by Crippen LogP contribution is -2.06. The molecular weight excluding hydrogens is 234 g/mol. The number of nitrogens with zero attached hydrogens (tertiary/aromatic N) is 2. The van der Waals surface area contributed by atoms with E-state index in [0.29, 0.717) is 5.92 Å². The van der Waals surface area contributed by atoms with Crippen molar-refractivity contribution < 1.29 is 0 Å². The van der Waals surface area contributed by atoms with Gasteiger partial charge in [-0.3, -0.25) is 0 Å². The summed E-state index contributed by atoms with van der Waals surface area (Å²) in [5, 5.41) is 0. The summed E-state index contributed by atoms with van der Waals surface area (Å²) in [6.07, 6.45) is 4.48. The minimum absolute atomic E-state index is 0.651. The highest BCUT2D eigenvalue weighted by molar-refractivity contribution is 5.42. The maximum atomic E-state index is 6.30. The predicted octanol–water partition coefficient (Wildman–Crippen LogP) is 3.34. The second-order valence-corrected chi connectivity index (χ2v) is 5.39. The van der Waals surface area contributed by atoms with Crippen LogP contribution in [0.5, 0.6) is 0 Å². The summed E-state index contributed by atoms with van der Waals surface area (Å²) < 4.78 is 2.23. The quantitative estimate of drug-likeness (QED) is 0.890. The first-order valence-electron chi connectivity index (χ1n) is 7.18. The van der Waals surface area contributed by atoms with Gasteiger partial charge in [-0.2, -0.15) is 0 Å². The van der Waals surface area contributed by atoms with Gasteiger partial charge in [0.2, 0.25) is 0 Å². The van der Waals surface area contributed by atoms with Crippen molar-refractivity contribution in [3.63, 3.8) is 0 Å². The summed E-state index contributed by atoms with van der Waals surface area (Å²) in [4.78, 5) is 4.82. The first kappa shape index (κ1) is 12.3. The van der Waals surface area contributed by atoms with Crippen LogP contribution in [0, 0.1) is 0 Å². The molecule has 100 valence electrons. The lowest BCUT2D eigenvalue weighted by Gasteiger charge is -2.07. The summed E-state index contributed by atoms with van der Waals surface area (Å²) in [5.74, 6) is 2.73. The molecule has 0 atom stereocenters. The van der Waals surface area contributed by atoms with Crippen LogP contribution in [0.25, 0.3) is 0 Å². The molecule has 0 amide bonds. The summed E-state index contributed by atoms with van der Waals surface area (Å²) in [7, 11) is 0. The fourth-order valence-electron chi connectivity index (χ4n) is 2.57. The second kappa shape index (κ2) is 5.08. The Labute approximate surface area is 114 Å². The van der Waals surface area contributed by atoms with Crippen molar-refractivity contribution in [2.24, 2.45) is 0 Å². The third-order valence-electron chi connectivity index (χ3n) is 3.72. The van der Waals surface area contributed by atoms with Gasteiger partial charge in [-0.05, 0) is 24.8 Å². The van der Waals surface area contributed by atoms with Crippen LogP contribution in [0.1, 0.15) is 49.2 Å². The van der Waals surface area contributed by atoms with Crippen molar-refractivity contribution in [3.8, 4) is 0 Å². The summed E-state index contributed by atoms with van der Waals surface area (Å²) >= 11 is 0. The summed E-state index contributed by atoms with van der Waals surface area (Å²) in [6, 6.07) is 10.4. The number of imidazole rings is 1. The molecule has 19 heavy (non-hydrogen) atoms. The lowest BCUT2D eigenvalue weighted by atomic mass is 10.1. The van der Waals surface area contributed by atoms with Gasteiger partial charge in [-0.15, -0.1) is 0 Å². The fourth-order valence-corrected chi connectivity index (χ4v) is 2.57. The zero-order chi connectivity index (χ0) is 13.2. The molecule has 3 rings (SSSR count). The van der Waals surface area contributed by atoms with E-state index in [9.17, 15) is 0 Å². The Hall–Kier alpha value is -1.77. The molecule has 1 aliphatic rings. The largest absolute Gasteiger partial charge is 0.384 e. The molecular formula is C16H21N3. The summed E-state index contributed by atoms with van der Waals surface area (Å²) in [6.45, 7) is 3.17. The maximum Gasteiger partial charge on any atom is 0.127 e. The maximum absolute atomic E-state index is 6.30. The Balaban J connectivity index is 1.91. The molecule has 0 saturated heterocycles. The van der Waals surface area contributed by atoms with Gasteiger partial charge in [0.25, 0.3) is 0 Å². The minimum atomic E-state index is 0.651. The molecule has 0 bridgehead atoms. The van der Waals surface area contributed by atoms with E-state index in [2.05, 4.69) is 35.8 Å². The number of hydrogen-bond acceptors (Lipinski definition) is 2. The highest BCUT2D eigenvalue weighted by Gasteiger charge is 2.30. The van der Waals surface area contributed by atoms with E-state index in [1.165, 1.54) is 24.2 Å². The average Bonchev–Trinajstić information content (AvgIpc) is 3.22. The Morgan fingerprint density at radius 1 is 1.26 bits per heavy atom. The summed E-state index contributed by atoms with van der Waals surface area (Å²) in [5.41, 5.74) is 8.62. The van der Waals surface area contributed by atoms with E-state index in [1.807, 2.05) is 6.07 Å². The van der Waals surface area contributed by atoms with Gasteiger partial charge in [0.05, 0.1) is 5.69 Å². The third kappa shape index (κ3) is 2.50. The first-order chi connectivity index (χ1) is 9.29. The smallest absolute Gasteiger partial charge is 0.127 e. The molecule has 0 aliphatic heterocycles. The van der Waals surface area contributed by atoms with Gasteiger partial charge in [-0.25, -0.2) is 4.98 Å². The standard InChI is InChI=1S/C16H21N3/c1-2-10-19-15(17)14(18-16(19)13-8-9-13)11-12-6-4-3-5-7-12/h3-7,13H,2,8-11,17H2,1H3. The fraction of sp³-hybridized carbons (Fsp3) is 0.438. The average molecular weight is 255 g/mol. The van der Waals surface area contributed by atoms with Gasteiger partial charge in [0.15, 0.2) is 0 Å². The van der Waals surface area contributed by atoms with Crippen LogP contribution in [0.15, 0.2) is 30.3 Å². The van der Waals surface area contributed by atoms with Crippen LogP contribution < -0.4 is 5.73 Å². The number of anilines is 1. The molecule has 1 saturated carbocycles. The minimum Gasteiger partial charge on any atom is -0.384 e. The lowest BCUT2D eigenvalue weighted by molar-refractivity contribution is 0.646. The van der Waals surface area contributed by atoms with Crippen LogP contribution in [0.4, 0.5) is 5.82 Å². The van der Waals surface area contributed by atoms with E-state index in [4.69, 9.17) is 10.7 Å². The molecule has 1 aliphatic carbocycles. The Morgan fingerprint density at radius 3 is 2.63 bits per heavy atom. The van der Waals surface area contributed by atoms with Gasteiger partial charge in [0, 0.05) is 18.9 Å². The number of benzene rings is 1. The van der Waals surface area contributed by atoms with Crippen molar-refractivity contribution in [2.45, 2.75) is 45.1 Å². The van der Waals surface area contributed by atoms with Crippen LogP contribution in [0.2, 0.25) is 0 Å². The topological polar surface area (TPSA) is 43.8 Å². The Morgan fingerprint density at radius 2 is 2.00 bits per heavy atom. The van der Waals surface area contributed by atoms with E-state index >= 15 is 0 Å². The van der Waals surface area contributed by atoms with Gasteiger partial charge < -0.3 is 10.3 Å². The highest BCUT2D eigenvalue weighted by Crippen LogP contribution is 2.41. The SMILES string of the molecule is CCCn1c(C2CC2)nc(Cc2ccccc2)c1N. The van der Waals surface area contributed by atoms with Crippen LogP contribution in [-0.2, 0) is 13.0 Å².